The first-order chi connectivity index (χ1) is 7.08. The van der Waals surface area contributed by atoms with Gasteiger partial charge in [-0.25, -0.2) is 4.79 Å². The SMILES string of the molecule is CC(N)Cc1ccc2c(c1)[nH]c(=O)n2C. The second-order valence-electron chi connectivity index (χ2n) is 4.02. The maximum atomic E-state index is 11.4. The largest absolute Gasteiger partial charge is 0.328 e. The van der Waals surface area contributed by atoms with E-state index < -0.39 is 0 Å². The van der Waals surface area contributed by atoms with E-state index in [2.05, 4.69) is 4.98 Å². The number of benzene rings is 1. The molecule has 0 radical (unpaired) electrons. The zero-order valence-electron chi connectivity index (χ0n) is 8.95. The number of aromatic amines is 1. The monoisotopic (exact) mass is 205 g/mol. The quantitative estimate of drug-likeness (QED) is 0.760. The predicted octanol–water partition coefficient (Wildman–Crippen LogP) is 0.756. The molecule has 80 valence electrons. The van der Waals surface area contributed by atoms with Crippen LogP contribution in [-0.2, 0) is 13.5 Å². The van der Waals surface area contributed by atoms with Crippen molar-refractivity contribution in [2.45, 2.75) is 19.4 Å². The lowest BCUT2D eigenvalue weighted by Gasteiger charge is -2.04. The van der Waals surface area contributed by atoms with Crippen molar-refractivity contribution < 1.29 is 0 Å². The summed E-state index contributed by atoms with van der Waals surface area (Å²) < 4.78 is 1.60. The highest BCUT2D eigenvalue weighted by Crippen LogP contribution is 2.12. The molecular weight excluding hydrogens is 190 g/mol. The van der Waals surface area contributed by atoms with E-state index in [0.717, 1.165) is 23.0 Å². The average Bonchev–Trinajstić information content (AvgIpc) is 2.41. The van der Waals surface area contributed by atoms with Crippen molar-refractivity contribution in [3.63, 3.8) is 0 Å². The number of rotatable bonds is 2. The molecule has 0 spiro atoms. The van der Waals surface area contributed by atoms with Crippen LogP contribution in [-0.4, -0.2) is 15.6 Å². The number of fused-ring (bicyclic) bond motifs is 1. The summed E-state index contributed by atoms with van der Waals surface area (Å²) in [6.45, 7) is 1.97. The number of nitrogens with two attached hydrogens (primary N) is 1. The minimum Gasteiger partial charge on any atom is -0.328 e. The summed E-state index contributed by atoms with van der Waals surface area (Å²) in [7, 11) is 1.76. The number of H-pyrrole nitrogens is 1. The third-order valence-corrected chi connectivity index (χ3v) is 2.53. The number of nitrogens with one attached hydrogen (secondary N) is 1. The Balaban J connectivity index is 2.52. The summed E-state index contributed by atoms with van der Waals surface area (Å²) in [6.07, 6.45) is 0.826. The van der Waals surface area contributed by atoms with Crippen LogP contribution in [0.3, 0.4) is 0 Å². The Bertz CT molecular complexity index is 536. The second-order valence-corrected chi connectivity index (χ2v) is 4.02. The maximum absolute atomic E-state index is 11.4. The van der Waals surface area contributed by atoms with Gasteiger partial charge in [-0.1, -0.05) is 6.07 Å². The summed E-state index contributed by atoms with van der Waals surface area (Å²) in [6, 6.07) is 6.09. The molecule has 0 aliphatic carbocycles. The van der Waals surface area contributed by atoms with Crippen LogP contribution in [0.25, 0.3) is 11.0 Å². The highest BCUT2D eigenvalue weighted by Gasteiger charge is 2.04. The van der Waals surface area contributed by atoms with Gasteiger partial charge in [-0.15, -0.1) is 0 Å². The van der Waals surface area contributed by atoms with E-state index in [1.807, 2.05) is 25.1 Å². The Hall–Kier alpha value is -1.55. The van der Waals surface area contributed by atoms with Gasteiger partial charge in [0.25, 0.3) is 0 Å². The van der Waals surface area contributed by atoms with Crippen molar-refractivity contribution in [3.05, 3.63) is 34.2 Å². The van der Waals surface area contributed by atoms with E-state index >= 15 is 0 Å². The Labute approximate surface area is 87.7 Å². The fourth-order valence-electron chi connectivity index (χ4n) is 1.78. The van der Waals surface area contributed by atoms with Crippen molar-refractivity contribution in [2.24, 2.45) is 12.8 Å². The molecule has 0 bridgehead atoms. The van der Waals surface area contributed by atoms with Crippen molar-refractivity contribution in [1.29, 1.82) is 0 Å². The third kappa shape index (κ3) is 1.80. The van der Waals surface area contributed by atoms with Crippen LogP contribution < -0.4 is 11.4 Å². The Morgan fingerprint density at radius 1 is 1.53 bits per heavy atom. The van der Waals surface area contributed by atoms with Crippen LogP contribution in [0.4, 0.5) is 0 Å². The molecule has 0 fully saturated rings. The van der Waals surface area contributed by atoms with E-state index in [0.29, 0.717) is 0 Å². The highest BCUT2D eigenvalue weighted by atomic mass is 16.1. The van der Waals surface area contributed by atoms with Crippen molar-refractivity contribution in [3.8, 4) is 0 Å². The van der Waals surface area contributed by atoms with E-state index in [9.17, 15) is 4.79 Å². The molecule has 4 nitrogen and oxygen atoms in total. The molecule has 0 aliphatic heterocycles. The standard InChI is InChI=1S/C11H15N3O/c1-7(12)5-8-3-4-10-9(6-8)13-11(15)14(10)2/h3-4,6-7H,5,12H2,1-2H3,(H,13,15). The van der Waals surface area contributed by atoms with Crippen LogP contribution in [0.15, 0.2) is 23.0 Å². The lowest BCUT2D eigenvalue weighted by Crippen LogP contribution is -2.17. The van der Waals surface area contributed by atoms with Gasteiger partial charge in [0.1, 0.15) is 0 Å². The Morgan fingerprint density at radius 3 is 2.93 bits per heavy atom. The van der Waals surface area contributed by atoms with Crippen molar-refractivity contribution in [2.75, 3.05) is 0 Å². The number of imidazole rings is 1. The average molecular weight is 205 g/mol. The van der Waals surface area contributed by atoms with Gasteiger partial charge in [-0.05, 0) is 31.0 Å². The summed E-state index contributed by atoms with van der Waals surface area (Å²) in [5.74, 6) is 0. The fourth-order valence-corrected chi connectivity index (χ4v) is 1.78. The van der Waals surface area contributed by atoms with Crippen LogP contribution >= 0.6 is 0 Å². The number of aryl methyl sites for hydroxylation is 1. The van der Waals surface area contributed by atoms with Crippen LogP contribution in [0.1, 0.15) is 12.5 Å². The van der Waals surface area contributed by atoms with E-state index in [-0.39, 0.29) is 11.7 Å². The molecule has 1 aromatic heterocycles. The number of nitrogens with zero attached hydrogens (tertiary/aromatic N) is 1. The predicted molar refractivity (Wildman–Crippen MR) is 60.9 cm³/mol. The van der Waals surface area contributed by atoms with Gasteiger partial charge >= 0.3 is 5.69 Å². The summed E-state index contributed by atoms with van der Waals surface area (Å²) >= 11 is 0. The molecule has 1 aromatic carbocycles. The van der Waals surface area contributed by atoms with Crippen molar-refractivity contribution in [1.82, 2.24) is 9.55 Å². The van der Waals surface area contributed by atoms with Gasteiger partial charge in [0.05, 0.1) is 11.0 Å². The molecule has 1 unspecified atom stereocenters. The van der Waals surface area contributed by atoms with Gasteiger partial charge in [0.15, 0.2) is 0 Å². The molecule has 0 saturated heterocycles. The third-order valence-electron chi connectivity index (χ3n) is 2.53. The normalized spacial score (nSPS) is 13.3. The first kappa shape index (κ1) is 9.98. The fraction of sp³-hybridized carbons (Fsp3) is 0.364. The molecule has 0 saturated carbocycles. The lowest BCUT2D eigenvalue weighted by molar-refractivity contribution is 0.738. The van der Waals surface area contributed by atoms with Crippen molar-refractivity contribution >= 4 is 11.0 Å². The molecule has 2 rings (SSSR count). The van der Waals surface area contributed by atoms with E-state index in [4.69, 9.17) is 5.73 Å². The first-order valence-electron chi connectivity index (χ1n) is 5.01. The first-order valence-corrected chi connectivity index (χ1v) is 5.01. The number of hydrogen-bond donors (Lipinski definition) is 2. The molecule has 1 heterocycles. The number of hydrogen-bond acceptors (Lipinski definition) is 2. The summed E-state index contributed by atoms with van der Waals surface area (Å²) in [5.41, 5.74) is 8.60. The van der Waals surface area contributed by atoms with Crippen LogP contribution in [0.5, 0.6) is 0 Å². The Morgan fingerprint density at radius 2 is 2.27 bits per heavy atom. The van der Waals surface area contributed by atoms with Gasteiger partial charge < -0.3 is 10.7 Å². The Kier molecular flexibility index (Phi) is 2.36. The molecule has 1 atom stereocenters. The molecule has 0 amide bonds. The zero-order chi connectivity index (χ0) is 11.0. The molecule has 4 heteroatoms. The molecule has 3 N–H and O–H groups in total. The van der Waals surface area contributed by atoms with Gasteiger partial charge in [0.2, 0.25) is 0 Å². The summed E-state index contributed by atoms with van der Waals surface area (Å²) in [4.78, 5) is 14.2. The van der Waals surface area contributed by atoms with Crippen LogP contribution in [0, 0.1) is 0 Å². The maximum Gasteiger partial charge on any atom is 0.326 e. The zero-order valence-corrected chi connectivity index (χ0v) is 8.95. The summed E-state index contributed by atoms with van der Waals surface area (Å²) in [5, 5.41) is 0. The topological polar surface area (TPSA) is 63.8 Å². The van der Waals surface area contributed by atoms with Gasteiger partial charge in [-0.3, -0.25) is 4.57 Å². The molecule has 2 aromatic rings. The van der Waals surface area contributed by atoms with Gasteiger partial charge in [-0.2, -0.15) is 0 Å². The van der Waals surface area contributed by atoms with Crippen LogP contribution in [0.2, 0.25) is 0 Å². The minimum atomic E-state index is -0.0806. The highest BCUT2D eigenvalue weighted by molar-refractivity contribution is 5.75. The lowest BCUT2D eigenvalue weighted by atomic mass is 10.1. The smallest absolute Gasteiger partial charge is 0.326 e. The molecular formula is C11H15N3O. The second kappa shape index (κ2) is 3.55. The molecule has 15 heavy (non-hydrogen) atoms. The molecule has 0 aliphatic rings. The number of aromatic nitrogens is 2. The van der Waals surface area contributed by atoms with E-state index in [1.54, 1.807) is 11.6 Å². The van der Waals surface area contributed by atoms with E-state index in [1.165, 1.54) is 0 Å². The minimum absolute atomic E-state index is 0.0806. The van der Waals surface area contributed by atoms with Gasteiger partial charge in [0, 0.05) is 13.1 Å².